The molecule has 0 aliphatic heterocycles. The van der Waals surface area contributed by atoms with E-state index < -0.39 is 0 Å². The van der Waals surface area contributed by atoms with E-state index in [9.17, 15) is 0 Å². The summed E-state index contributed by atoms with van der Waals surface area (Å²) in [5.74, 6) is 0.867. The van der Waals surface area contributed by atoms with Gasteiger partial charge >= 0.3 is 0 Å². The fourth-order valence-corrected chi connectivity index (χ4v) is 1.03. The minimum atomic E-state index is -0.0240. The van der Waals surface area contributed by atoms with Crippen LogP contribution in [0.3, 0.4) is 0 Å². The first-order valence-corrected chi connectivity index (χ1v) is 3.89. The summed E-state index contributed by atoms with van der Waals surface area (Å²) in [6.45, 7) is 4.98. The molecule has 0 radical (unpaired) electrons. The summed E-state index contributed by atoms with van der Waals surface area (Å²) in [7, 11) is 0. The lowest BCUT2D eigenvalue weighted by Crippen LogP contribution is -2.13. The van der Waals surface area contributed by atoms with Gasteiger partial charge in [0, 0.05) is 6.54 Å². The van der Waals surface area contributed by atoms with Gasteiger partial charge in [-0.3, -0.25) is 0 Å². The number of rotatable bonds is 3. The second-order valence-corrected chi connectivity index (χ2v) is 2.67. The zero-order valence-corrected chi connectivity index (χ0v) is 6.99. The van der Waals surface area contributed by atoms with Gasteiger partial charge in [-0.2, -0.15) is 0 Å². The van der Waals surface area contributed by atoms with Crippen LogP contribution in [0.4, 0.5) is 0 Å². The fraction of sp³-hybridized carbons (Fsp3) is 0.714. The molecular weight excluding hydrogens is 140 g/mol. The first-order chi connectivity index (χ1) is 5.25. The zero-order valence-electron chi connectivity index (χ0n) is 6.99. The quantitative estimate of drug-likeness (QED) is 0.697. The summed E-state index contributed by atoms with van der Waals surface area (Å²) in [6.07, 6.45) is 2.81. The molecule has 0 saturated carbocycles. The first kappa shape index (κ1) is 8.20. The molecule has 62 valence electrons. The van der Waals surface area contributed by atoms with Crippen molar-refractivity contribution in [2.45, 2.75) is 32.9 Å². The van der Waals surface area contributed by atoms with Gasteiger partial charge in [-0.15, -0.1) is 10.2 Å². The third-order valence-electron chi connectivity index (χ3n) is 1.52. The van der Waals surface area contributed by atoms with E-state index in [1.807, 2.05) is 11.5 Å². The van der Waals surface area contributed by atoms with Gasteiger partial charge in [0.15, 0.2) is 0 Å². The van der Waals surface area contributed by atoms with Crippen molar-refractivity contribution < 1.29 is 0 Å². The smallest absolute Gasteiger partial charge is 0.149 e. The van der Waals surface area contributed by atoms with Gasteiger partial charge < -0.3 is 10.3 Å². The average Bonchev–Trinajstić information content (AvgIpc) is 2.36. The van der Waals surface area contributed by atoms with E-state index in [1.165, 1.54) is 0 Å². The average molecular weight is 154 g/mol. The molecule has 1 rings (SSSR count). The van der Waals surface area contributed by atoms with E-state index in [4.69, 9.17) is 5.73 Å². The van der Waals surface area contributed by atoms with E-state index in [0.29, 0.717) is 0 Å². The lowest BCUT2D eigenvalue weighted by molar-refractivity contribution is 0.600. The highest BCUT2D eigenvalue weighted by Gasteiger charge is 2.06. The van der Waals surface area contributed by atoms with Crippen LogP contribution in [0.5, 0.6) is 0 Å². The summed E-state index contributed by atoms with van der Waals surface area (Å²) < 4.78 is 1.99. The Morgan fingerprint density at radius 2 is 2.45 bits per heavy atom. The van der Waals surface area contributed by atoms with Crippen molar-refractivity contribution in [3.05, 3.63) is 12.2 Å². The van der Waals surface area contributed by atoms with Crippen LogP contribution in [-0.4, -0.2) is 14.8 Å². The van der Waals surface area contributed by atoms with E-state index in [2.05, 4.69) is 17.1 Å². The maximum atomic E-state index is 5.67. The summed E-state index contributed by atoms with van der Waals surface area (Å²) in [5.41, 5.74) is 5.67. The largest absolute Gasteiger partial charge is 0.322 e. The Bertz CT molecular complexity index is 216. The Labute approximate surface area is 66.4 Å². The Hall–Kier alpha value is -0.900. The van der Waals surface area contributed by atoms with Crippen LogP contribution in [0.25, 0.3) is 0 Å². The number of nitrogens with two attached hydrogens (primary N) is 1. The SMILES string of the molecule is CCCn1cnnc1C(C)N. The number of aromatic nitrogens is 3. The molecular formula is C7H14N4. The van der Waals surface area contributed by atoms with Crippen molar-refractivity contribution >= 4 is 0 Å². The van der Waals surface area contributed by atoms with Gasteiger partial charge in [0.05, 0.1) is 6.04 Å². The van der Waals surface area contributed by atoms with Crippen LogP contribution in [0.2, 0.25) is 0 Å². The molecule has 0 aliphatic rings. The van der Waals surface area contributed by atoms with Crippen molar-refractivity contribution in [1.29, 1.82) is 0 Å². The van der Waals surface area contributed by atoms with Gasteiger partial charge in [-0.25, -0.2) is 0 Å². The molecule has 0 aliphatic carbocycles. The molecule has 1 aromatic heterocycles. The first-order valence-electron chi connectivity index (χ1n) is 3.89. The molecule has 0 fully saturated rings. The monoisotopic (exact) mass is 154 g/mol. The molecule has 1 unspecified atom stereocenters. The normalized spacial score (nSPS) is 13.4. The van der Waals surface area contributed by atoms with Crippen LogP contribution in [0.15, 0.2) is 6.33 Å². The van der Waals surface area contributed by atoms with Gasteiger partial charge in [-0.1, -0.05) is 6.92 Å². The highest BCUT2D eigenvalue weighted by Crippen LogP contribution is 2.05. The minimum Gasteiger partial charge on any atom is -0.322 e. The summed E-state index contributed by atoms with van der Waals surface area (Å²) in [5, 5.41) is 7.72. The molecule has 2 N–H and O–H groups in total. The van der Waals surface area contributed by atoms with E-state index in [1.54, 1.807) is 6.33 Å². The maximum absolute atomic E-state index is 5.67. The lowest BCUT2D eigenvalue weighted by Gasteiger charge is -2.06. The number of nitrogens with zero attached hydrogens (tertiary/aromatic N) is 3. The molecule has 1 heterocycles. The second kappa shape index (κ2) is 3.48. The fourth-order valence-electron chi connectivity index (χ4n) is 1.03. The van der Waals surface area contributed by atoms with Crippen LogP contribution >= 0.6 is 0 Å². The van der Waals surface area contributed by atoms with E-state index in [-0.39, 0.29) is 6.04 Å². The van der Waals surface area contributed by atoms with Crippen LogP contribution in [0.1, 0.15) is 32.1 Å². The molecule has 4 nitrogen and oxygen atoms in total. The highest BCUT2D eigenvalue weighted by molar-refractivity contribution is 4.90. The Balaban J connectivity index is 2.78. The number of aryl methyl sites for hydroxylation is 1. The predicted octanol–water partition coefficient (Wildman–Crippen LogP) is 0.708. The molecule has 0 aromatic carbocycles. The molecule has 4 heteroatoms. The molecule has 1 atom stereocenters. The lowest BCUT2D eigenvalue weighted by atomic mass is 10.3. The van der Waals surface area contributed by atoms with Gasteiger partial charge in [-0.05, 0) is 13.3 Å². The third kappa shape index (κ3) is 1.77. The van der Waals surface area contributed by atoms with Crippen molar-refractivity contribution in [1.82, 2.24) is 14.8 Å². The highest BCUT2D eigenvalue weighted by atomic mass is 15.3. The molecule has 11 heavy (non-hydrogen) atoms. The van der Waals surface area contributed by atoms with Crippen LogP contribution < -0.4 is 5.73 Å². The van der Waals surface area contributed by atoms with Crippen LogP contribution in [0, 0.1) is 0 Å². The Kier molecular flexibility index (Phi) is 2.59. The third-order valence-corrected chi connectivity index (χ3v) is 1.52. The van der Waals surface area contributed by atoms with Crippen molar-refractivity contribution in [3.63, 3.8) is 0 Å². The minimum absolute atomic E-state index is 0.0240. The summed E-state index contributed by atoms with van der Waals surface area (Å²) >= 11 is 0. The van der Waals surface area contributed by atoms with E-state index in [0.717, 1.165) is 18.8 Å². The zero-order chi connectivity index (χ0) is 8.27. The number of hydrogen-bond acceptors (Lipinski definition) is 3. The van der Waals surface area contributed by atoms with Crippen molar-refractivity contribution in [3.8, 4) is 0 Å². The van der Waals surface area contributed by atoms with Gasteiger partial charge in [0.2, 0.25) is 0 Å². The molecule has 0 saturated heterocycles. The standard InChI is InChI=1S/C7H14N4/c1-3-4-11-5-9-10-7(11)6(2)8/h5-6H,3-4,8H2,1-2H3. The summed E-state index contributed by atoms with van der Waals surface area (Å²) in [4.78, 5) is 0. The maximum Gasteiger partial charge on any atom is 0.149 e. The molecule has 0 bridgehead atoms. The van der Waals surface area contributed by atoms with Crippen molar-refractivity contribution in [2.24, 2.45) is 5.73 Å². The molecule has 0 spiro atoms. The molecule has 1 aromatic rings. The summed E-state index contributed by atoms with van der Waals surface area (Å²) in [6, 6.07) is -0.0240. The van der Waals surface area contributed by atoms with Crippen molar-refractivity contribution in [2.75, 3.05) is 0 Å². The predicted molar refractivity (Wildman–Crippen MR) is 42.9 cm³/mol. The Morgan fingerprint density at radius 3 is 3.00 bits per heavy atom. The second-order valence-electron chi connectivity index (χ2n) is 2.67. The van der Waals surface area contributed by atoms with Gasteiger partial charge in [0.1, 0.15) is 12.2 Å². The molecule has 0 amide bonds. The Morgan fingerprint density at radius 1 is 1.73 bits per heavy atom. The van der Waals surface area contributed by atoms with E-state index >= 15 is 0 Å². The van der Waals surface area contributed by atoms with Crippen LogP contribution in [-0.2, 0) is 6.54 Å². The topological polar surface area (TPSA) is 56.7 Å². The number of hydrogen-bond donors (Lipinski definition) is 1. The van der Waals surface area contributed by atoms with Gasteiger partial charge in [0.25, 0.3) is 0 Å².